The maximum Gasteiger partial charge on any atom is 0.337 e. The summed E-state index contributed by atoms with van der Waals surface area (Å²) in [6.45, 7) is 1.35. The third-order valence-electron chi connectivity index (χ3n) is 2.53. The average molecular weight is 301 g/mol. The van der Waals surface area contributed by atoms with Crippen LogP contribution in [0.1, 0.15) is 16.8 Å². The summed E-state index contributed by atoms with van der Waals surface area (Å²) in [5.41, 5.74) is 0.495. The molecule has 4 nitrogen and oxygen atoms in total. The van der Waals surface area contributed by atoms with Crippen molar-refractivity contribution in [3.8, 4) is 5.75 Å². The molecule has 17 heavy (non-hydrogen) atoms. The van der Waals surface area contributed by atoms with Gasteiger partial charge in [-0.05, 0) is 34.1 Å². The predicted molar refractivity (Wildman–Crippen MR) is 65.3 cm³/mol. The normalized spacial score (nSPS) is 19.1. The second-order valence-corrected chi connectivity index (χ2v) is 4.59. The van der Waals surface area contributed by atoms with Crippen LogP contribution >= 0.6 is 15.9 Å². The Labute approximate surface area is 108 Å². The van der Waals surface area contributed by atoms with E-state index in [1.54, 1.807) is 18.2 Å². The van der Waals surface area contributed by atoms with E-state index in [9.17, 15) is 4.79 Å². The number of rotatable bonds is 3. The molecule has 0 bridgehead atoms. The molecule has 1 fully saturated rings. The molecule has 1 aromatic rings. The van der Waals surface area contributed by atoms with Crippen LogP contribution in [0, 0.1) is 0 Å². The Morgan fingerprint density at radius 2 is 2.35 bits per heavy atom. The summed E-state index contributed by atoms with van der Waals surface area (Å²) in [5.74, 6) is 0.356. The van der Waals surface area contributed by atoms with Crippen molar-refractivity contribution < 1.29 is 19.0 Å². The van der Waals surface area contributed by atoms with Crippen molar-refractivity contribution in [2.45, 2.75) is 12.5 Å². The molecule has 0 aromatic heterocycles. The van der Waals surface area contributed by atoms with E-state index in [0.717, 1.165) is 17.5 Å². The minimum absolute atomic E-state index is 0.0928. The van der Waals surface area contributed by atoms with Gasteiger partial charge in [-0.3, -0.25) is 0 Å². The van der Waals surface area contributed by atoms with Gasteiger partial charge in [-0.2, -0.15) is 0 Å². The van der Waals surface area contributed by atoms with Gasteiger partial charge in [0.2, 0.25) is 0 Å². The van der Waals surface area contributed by atoms with Gasteiger partial charge in [0.15, 0.2) is 0 Å². The van der Waals surface area contributed by atoms with E-state index in [4.69, 9.17) is 9.47 Å². The van der Waals surface area contributed by atoms with Crippen LogP contribution in [0.3, 0.4) is 0 Å². The van der Waals surface area contributed by atoms with Crippen LogP contribution in [0.15, 0.2) is 22.7 Å². The second-order valence-electron chi connectivity index (χ2n) is 3.74. The first-order chi connectivity index (χ1) is 8.20. The summed E-state index contributed by atoms with van der Waals surface area (Å²) in [6, 6.07) is 5.13. The molecule has 0 saturated carbocycles. The highest BCUT2D eigenvalue weighted by Crippen LogP contribution is 2.28. The molecule has 1 aliphatic rings. The fraction of sp³-hybridized carbons (Fsp3) is 0.417. The van der Waals surface area contributed by atoms with E-state index in [2.05, 4.69) is 20.7 Å². The highest BCUT2D eigenvalue weighted by atomic mass is 79.9. The van der Waals surface area contributed by atoms with Crippen molar-refractivity contribution in [3.05, 3.63) is 28.2 Å². The topological polar surface area (TPSA) is 44.8 Å². The zero-order chi connectivity index (χ0) is 12.3. The highest BCUT2D eigenvalue weighted by molar-refractivity contribution is 9.10. The molecule has 1 aromatic carbocycles. The zero-order valence-electron chi connectivity index (χ0n) is 9.44. The summed E-state index contributed by atoms with van der Waals surface area (Å²) >= 11 is 3.38. The van der Waals surface area contributed by atoms with Crippen molar-refractivity contribution in [2.24, 2.45) is 0 Å². The molecule has 1 saturated heterocycles. The Balaban J connectivity index is 2.10. The number of hydrogen-bond acceptors (Lipinski definition) is 4. The van der Waals surface area contributed by atoms with Crippen LogP contribution in [0.4, 0.5) is 0 Å². The van der Waals surface area contributed by atoms with Gasteiger partial charge in [-0.15, -0.1) is 0 Å². The first kappa shape index (κ1) is 12.4. The lowest BCUT2D eigenvalue weighted by Crippen LogP contribution is -2.16. The second kappa shape index (κ2) is 5.51. The van der Waals surface area contributed by atoms with Crippen LogP contribution in [0.5, 0.6) is 5.75 Å². The van der Waals surface area contributed by atoms with Gasteiger partial charge in [0.1, 0.15) is 11.9 Å². The molecule has 92 valence electrons. The molecule has 1 aliphatic heterocycles. The van der Waals surface area contributed by atoms with E-state index in [-0.39, 0.29) is 12.1 Å². The standard InChI is InChI=1S/C12H13BrO4/c1-15-12(14)8-2-3-11(10(13)6-8)17-9-4-5-16-7-9/h2-3,6,9H,4-5,7H2,1H3. The third-order valence-corrected chi connectivity index (χ3v) is 3.15. The SMILES string of the molecule is COC(=O)c1ccc(OC2CCOC2)c(Br)c1. The van der Waals surface area contributed by atoms with Crippen molar-refractivity contribution in [2.75, 3.05) is 20.3 Å². The molecule has 5 heteroatoms. The first-order valence-corrected chi connectivity index (χ1v) is 6.12. The molecule has 1 heterocycles. The van der Waals surface area contributed by atoms with Crippen molar-refractivity contribution in [1.29, 1.82) is 0 Å². The smallest absolute Gasteiger partial charge is 0.337 e. The largest absolute Gasteiger partial charge is 0.487 e. The molecule has 1 unspecified atom stereocenters. The van der Waals surface area contributed by atoms with Gasteiger partial charge in [-0.1, -0.05) is 0 Å². The van der Waals surface area contributed by atoms with Crippen molar-refractivity contribution >= 4 is 21.9 Å². The number of halogens is 1. The lowest BCUT2D eigenvalue weighted by atomic mass is 10.2. The molecule has 0 radical (unpaired) electrons. The number of methoxy groups -OCH3 is 1. The molecular formula is C12H13BrO4. The minimum atomic E-state index is -0.360. The van der Waals surface area contributed by atoms with E-state index >= 15 is 0 Å². The van der Waals surface area contributed by atoms with Crippen LogP contribution in [0.25, 0.3) is 0 Å². The Hall–Kier alpha value is -1.07. The number of benzene rings is 1. The van der Waals surface area contributed by atoms with E-state index < -0.39 is 0 Å². The maximum absolute atomic E-state index is 11.3. The Bertz CT molecular complexity index is 413. The number of ether oxygens (including phenoxy) is 3. The third kappa shape index (κ3) is 2.98. The van der Waals surface area contributed by atoms with Gasteiger partial charge in [0.05, 0.1) is 30.4 Å². The molecular weight excluding hydrogens is 288 g/mol. The van der Waals surface area contributed by atoms with Gasteiger partial charge >= 0.3 is 5.97 Å². The highest BCUT2D eigenvalue weighted by Gasteiger charge is 2.18. The Morgan fingerprint density at radius 3 is 2.94 bits per heavy atom. The number of esters is 1. The number of carbonyl (C=O) groups is 1. The molecule has 0 spiro atoms. The van der Waals surface area contributed by atoms with Crippen molar-refractivity contribution in [3.63, 3.8) is 0 Å². The van der Waals surface area contributed by atoms with Gasteiger partial charge in [0.25, 0.3) is 0 Å². The quantitative estimate of drug-likeness (QED) is 0.804. The van der Waals surface area contributed by atoms with Crippen molar-refractivity contribution in [1.82, 2.24) is 0 Å². The predicted octanol–water partition coefficient (Wildman–Crippen LogP) is 2.40. The van der Waals surface area contributed by atoms with Gasteiger partial charge < -0.3 is 14.2 Å². The molecule has 0 N–H and O–H groups in total. The summed E-state index contributed by atoms with van der Waals surface area (Å²) in [4.78, 5) is 11.3. The van der Waals surface area contributed by atoms with Gasteiger partial charge in [0, 0.05) is 6.42 Å². The molecule has 1 atom stereocenters. The summed E-state index contributed by atoms with van der Waals surface area (Å²) in [6.07, 6.45) is 0.987. The number of carbonyl (C=O) groups excluding carboxylic acids is 1. The van der Waals surface area contributed by atoms with E-state index in [0.29, 0.717) is 17.9 Å². The van der Waals surface area contributed by atoms with Gasteiger partial charge in [-0.25, -0.2) is 4.79 Å². The lowest BCUT2D eigenvalue weighted by Gasteiger charge is -2.13. The number of hydrogen-bond donors (Lipinski definition) is 0. The van der Waals surface area contributed by atoms with Crippen LogP contribution < -0.4 is 4.74 Å². The fourth-order valence-electron chi connectivity index (χ4n) is 1.63. The molecule has 2 rings (SSSR count). The van der Waals surface area contributed by atoms with Crippen LogP contribution in [0.2, 0.25) is 0 Å². The monoisotopic (exact) mass is 300 g/mol. The van der Waals surface area contributed by atoms with E-state index in [1.807, 2.05) is 0 Å². The first-order valence-electron chi connectivity index (χ1n) is 5.33. The molecule has 0 aliphatic carbocycles. The van der Waals surface area contributed by atoms with Crippen LogP contribution in [-0.4, -0.2) is 32.4 Å². The fourth-order valence-corrected chi connectivity index (χ4v) is 2.10. The molecule has 0 amide bonds. The minimum Gasteiger partial charge on any atom is -0.487 e. The summed E-state index contributed by atoms with van der Waals surface area (Å²) < 4.78 is 16.4. The van der Waals surface area contributed by atoms with Crippen LogP contribution in [-0.2, 0) is 9.47 Å². The lowest BCUT2D eigenvalue weighted by molar-refractivity contribution is 0.0600. The average Bonchev–Trinajstić information content (AvgIpc) is 2.83. The zero-order valence-corrected chi connectivity index (χ0v) is 11.0. The van der Waals surface area contributed by atoms with E-state index in [1.165, 1.54) is 7.11 Å². The Morgan fingerprint density at radius 1 is 1.53 bits per heavy atom. The summed E-state index contributed by atoms with van der Waals surface area (Å²) in [5, 5.41) is 0. The Kier molecular flexibility index (Phi) is 4.02. The maximum atomic E-state index is 11.3. The summed E-state index contributed by atoms with van der Waals surface area (Å²) in [7, 11) is 1.36.